The molecular formula is C15H20N6. The monoisotopic (exact) mass is 284 g/mol. The summed E-state index contributed by atoms with van der Waals surface area (Å²) in [5, 5.41) is 14.7. The van der Waals surface area contributed by atoms with Crippen molar-refractivity contribution in [1.29, 1.82) is 5.26 Å². The van der Waals surface area contributed by atoms with E-state index in [-0.39, 0.29) is 11.5 Å². The predicted molar refractivity (Wildman–Crippen MR) is 82.3 cm³/mol. The number of aromatic nitrogens is 1. The quantitative estimate of drug-likeness (QED) is 0.334. The number of pyridine rings is 1. The summed E-state index contributed by atoms with van der Waals surface area (Å²) in [5.74, 6) is 1.75. The molecule has 2 aliphatic rings. The molecule has 0 spiro atoms. The molecule has 2 fully saturated rings. The average Bonchev–Trinajstić information content (AvgIpc) is 2.97. The van der Waals surface area contributed by atoms with E-state index in [9.17, 15) is 0 Å². The number of nitrogens with one attached hydrogen (secondary N) is 2. The fourth-order valence-electron chi connectivity index (χ4n) is 3.63. The van der Waals surface area contributed by atoms with E-state index in [4.69, 9.17) is 16.0 Å². The number of hydrogen-bond donors (Lipinski definition) is 3. The Labute approximate surface area is 124 Å². The van der Waals surface area contributed by atoms with Crippen molar-refractivity contribution in [2.24, 2.45) is 16.3 Å². The molecule has 1 aromatic heterocycles. The highest BCUT2D eigenvalue weighted by Gasteiger charge is 2.48. The highest BCUT2D eigenvalue weighted by molar-refractivity contribution is 5.94. The van der Waals surface area contributed by atoms with E-state index in [1.54, 1.807) is 12.3 Å². The van der Waals surface area contributed by atoms with Crippen LogP contribution in [-0.4, -0.2) is 17.0 Å². The van der Waals surface area contributed by atoms with E-state index in [1.165, 1.54) is 19.3 Å². The Morgan fingerprint density at radius 2 is 2.43 bits per heavy atom. The van der Waals surface area contributed by atoms with E-state index in [0.717, 1.165) is 18.0 Å². The summed E-state index contributed by atoms with van der Waals surface area (Å²) in [4.78, 5) is 8.78. The van der Waals surface area contributed by atoms with Crippen molar-refractivity contribution < 1.29 is 0 Å². The molecule has 2 bridgehead atoms. The zero-order chi connectivity index (χ0) is 14.9. The smallest absolute Gasteiger partial charge is 0.209 e. The van der Waals surface area contributed by atoms with E-state index in [2.05, 4.69) is 22.5 Å². The second kappa shape index (κ2) is 5.24. The molecule has 0 radical (unpaired) electrons. The van der Waals surface area contributed by atoms with Gasteiger partial charge in [-0.2, -0.15) is 5.26 Å². The molecule has 0 amide bonds. The fraction of sp³-hybridized carbons (Fsp3) is 0.533. The van der Waals surface area contributed by atoms with E-state index in [0.29, 0.717) is 11.8 Å². The number of guanidine groups is 1. The maximum Gasteiger partial charge on any atom is 0.209 e. The number of nitrogen functional groups attached to an aromatic ring is 1. The molecule has 3 rings (SSSR count). The van der Waals surface area contributed by atoms with Crippen molar-refractivity contribution >= 4 is 17.5 Å². The van der Waals surface area contributed by atoms with Gasteiger partial charge in [-0.3, -0.25) is 5.32 Å². The SMILES string of the molecule is C[C@]12CC[C@H](CC1N=C(NC#N)Nc1ccc(N)nc1)C2. The van der Waals surface area contributed by atoms with E-state index < -0.39 is 0 Å². The molecule has 0 aliphatic heterocycles. The molecule has 1 aromatic rings. The molecule has 6 nitrogen and oxygen atoms in total. The van der Waals surface area contributed by atoms with Gasteiger partial charge in [0.2, 0.25) is 5.96 Å². The highest BCUT2D eigenvalue weighted by Crippen LogP contribution is 2.55. The first-order valence-corrected chi connectivity index (χ1v) is 7.30. The summed E-state index contributed by atoms with van der Waals surface area (Å²) in [6.45, 7) is 2.31. The third kappa shape index (κ3) is 2.77. The largest absolute Gasteiger partial charge is 0.384 e. The Hall–Kier alpha value is -2.29. The lowest BCUT2D eigenvalue weighted by molar-refractivity contribution is 0.283. The van der Waals surface area contributed by atoms with Crippen LogP contribution in [0.1, 0.15) is 32.6 Å². The summed E-state index contributed by atoms with van der Waals surface area (Å²) in [7, 11) is 0. The lowest BCUT2D eigenvalue weighted by Crippen LogP contribution is -2.33. The number of nitrogens with zero attached hydrogens (tertiary/aromatic N) is 3. The lowest BCUT2D eigenvalue weighted by Gasteiger charge is -2.28. The Kier molecular flexibility index (Phi) is 3.42. The van der Waals surface area contributed by atoms with Gasteiger partial charge in [0.15, 0.2) is 6.19 Å². The van der Waals surface area contributed by atoms with Gasteiger partial charge in [0.25, 0.3) is 0 Å². The van der Waals surface area contributed by atoms with Gasteiger partial charge in [-0.1, -0.05) is 6.92 Å². The first-order chi connectivity index (χ1) is 10.1. The zero-order valence-electron chi connectivity index (χ0n) is 12.1. The van der Waals surface area contributed by atoms with Crippen molar-refractivity contribution in [2.45, 2.75) is 38.6 Å². The van der Waals surface area contributed by atoms with Crippen molar-refractivity contribution in [1.82, 2.24) is 10.3 Å². The number of nitrogens with two attached hydrogens (primary N) is 1. The normalized spacial score (nSPS) is 31.0. The second-order valence-corrected chi connectivity index (χ2v) is 6.33. The molecule has 21 heavy (non-hydrogen) atoms. The predicted octanol–water partition coefficient (Wildman–Crippen LogP) is 2.08. The number of hydrogen-bond acceptors (Lipinski definition) is 4. The molecule has 2 saturated carbocycles. The van der Waals surface area contributed by atoms with E-state index in [1.807, 2.05) is 12.3 Å². The van der Waals surface area contributed by atoms with Crippen LogP contribution in [0.15, 0.2) is 23.3 Å². The Morgan fingerprint density at radius 3 is 3.00 bits per heavy atom. The van der Waals surface area contributed by atoms with Gasteiger partial charge in [0, 0.05) is 0 Å². The summed E-state index contributed by atoms with van der Waals surface area (Å²) in [5.41, 5.74) is 6.62. The molecule has 4 N–H and O–H groups in total. The fourth-order valence-corrected chi connectivity index (χ4v) is 3.63. The minimum absolute atomic E-state index is 0.279. The minimum atomic E-state index is 0.279. The van der Waals surface area contributed by atoms with Crippen LogP contribution in [0.5, 0.6) is 0 Å². The maximum absolute atomic E-state index is 8.91. The Bertz CT molecular complexity index is 587. The highest BCUT2D eigenvalue weighted by atomic mass is 15.2. The molecule has 110 valence electrons. The van der Waals surface area contributed by atoms with Gasteiger partial charge < -0.3 is 11.1 Å². The molecular weight excluding hydrogens is 264 g/mol. The minimum Gasteiger partial charge on any atom is -0.384 e. The van der Waals surface area contributed by atoms with Gasteiger partial charge in [-0.15, -0.1) is 0 Å². The van der Waals surface area contributed by atoms with E-state index >= 15 is 0 Å². The second-order valence-electron chi connectivity index (χ2n) is 6.33. The number of anilines is 2. The molecule has 2 aliphatic carbocycles. The summed E-state index contributed by atoms with van der Waals surface area (Å²) in [6.07, 6.45) is 8.50. The van der Waals surface area contributed by atoms with Crippen LogP contribution >= 0.6 is 0 Å². The van der Waals surface area contributed by atoms with Crippen LogP contribution in [0.3, 0.4) is 0 Å². The van der Waals surface area contributed by atoms with Gasteiger partial charge in [-0.25, -0.2) is 9.98 Å². The molecule has 0 saturated heterocycles. The van der Waals surface area contributed by atoms with Crippen LogP contribution in [0.2, 0.25) is 0 Å². The zero-order valence-corrected chi connectivity index (χ0v) is 12.1. The maximum atomic E-state index is 8.91. The Morgan fingerprint density at radius 1 is 1.57 bits per heavy atom. The molecule has 6 heteroatoms. The number of fused-ring (bicyclic) bond motifs is 2. The first kappa shape index (κ1) is 13.7. The average molecular weight is 284 g/mol. The van der Waals surface area contributed by atoms with Crippen LogP contribution in [0.4, 0.5) is 11.5 Å². The topological polar surface area (TPSA) is 99.1 Å². The van der Waals surface area contributed by atoms with Gasteiger partial charge in [0.05, 0.1) is 17.9 Å². The first-order valence-electron chi connectivity index (χ1n) is 7.30. The summed E-state index contributed by atoms with van der Waals surface area (Å²) < 4.78 is 0. The van der Waals surface area contributed by atoms with Gasteiger partial charge in [-0.05, 0) is 49.1 Å². The van der Waals surface area contributed by atoms with Crippen LogP contribution < -0.4 is 16.4 Å². The third-order valence-electron chi connectivity index (χ3n) is 4.75. The van der Waals surface area contributed by atoms with Crippen molar-refractivity contribution in [3.8, 4) is 6.19 Å². The summed E-state index contributed by atoms with van der Waals surface area (Å²) >= 11 is 0. The van der Waals surface area contributed by atoms with Crippen molar-refractivity contribution in [3.63, 3.8) is 0 Å². The lowest BCUT2D eigenvalue weighted by atomic mass is 9.82. The van der Waals surface area contributed by atoms with Crippen molar-refractivity contribution in [2.75, 3.05) is 11.1 Å². The van der Waals surface area contributed by atoms with Crippen LogP contribution in [0.25, 0.3) is 0 Å². The van der Waals surface area contributed by atoms with Crippen LogP contribution in [0, 0.1) is 22.8 Å². The number of aliphatic imine (C=N–C) groups is 1. The third-order valence-corrected chi connectivity index (χ3v) is 4.75. The van der Waals surface area contributed by atoms with Gasteiger partial charge in [0.1, 0.15) is 5.82 Å². The number of nitriles is 1. The molecule has 3 atom stereocenters. The molecule has 0 aromatic carbocycles. The van der Waals surface area contributed by atoms with Crippen molar-refractivity contribution in [3.05, 3.63) is 18.3 Å². The standard InChI is InChI=1S/C15H20N6/c1-15-5-4-10(7-15)6-12(15)21-14(19-9-16)20-11-2-3-13(17)18-8-11/h2-3,8,10,12H,4-7H2,1H3,(H2,17,18)(H2,19,20,21)/t10-,12?,15-/m1/s1. The summed E-state index contributed by atoms with van der Waals surface area (Å²) in [6, 6.07) is 3.81. The van der Waals surface area contributed by atoms with Gasteiger partial charge >= 0.3 is 0 Å². The molecule has 1 heterocycles. The Balaban J connectivity index is 1.77. The number of rotatable bonds is 2. The van der Waals surface area contributed by atoms with Crippen LogP contribution in [-0.2, 0) is 0 Å². The molecule has 1 unspecified atom stereocenters.